The van der Waals surface area contributed by atoms with Gasteiger partial charge in [0, 0.05) is 12.3 Å². The summed E-state index contributed by atoms with van der Waals surface area (Å²) in [5, 5.41) is 5.64. The number of ether oxygens (including phenoxy) is 1. The molecular weight excluding hydrogens is 297 g/mol. The van der Waals surface area contributed by atoms with Crippen molar-refractivity contribution >= 4 is 23.0 Å². The van der Waals surface area contributed by atoms with Crippen LogP contribution in [-0.2, 0) is 9.53 Å². The van der Waals surface area contributed by atoms with Crippen LogP contribution in [0.3, 0.4) is 0 Å². The number of aliphatic imine (C=N–C) groups is 1. The standard InChI is InChI=1S/C17H20FN3O2/c1-11(19-10-15-4-3-9-23-15)16-12(2)20-21(17(16)22)14-7-5-13(18)6-8-14/h5-8,15-16H,3-4,9-10H2,1-2H3/t15-,16+/m0/s1. The van der Waals surface area contributed by atoms with Gasteiger partial charge in [-0.25, -0.2) is 4.39 Å². The lowest BCUT2D eigenvalue weighted by Gasteiger charge is -2.15. The summed E-state index contributed by atoms with van der Waals surface area (Å²) >= 11 is 0. The van der Waals surface area contributed by atoms with E-state index in [0.29, 0.717) is 17.9 Å². The summed E-state index contributed by atoms with van der Waals surface area (Å²) in [6, 6.07) is 5.73. The van der Waals surface area contributed by atoms with Gasteiger partial charge >= 0.3 is 0 Å². The Kier molecular flexibility index (Phi) is 4.52. The van der Waals surface area contributed by atoms with Crippen LogP contribution in [0, 0.1) is 11.7 Å². The van der Waals surface area contributed by atoms with Crippen molar-refractivity contribution < 1.29 is 13.9 Å². The number of amides is 1. The van der Waals surface area contributed by atoms with Crippen LogP contribution in [0.2, 0.25) is 0 Å². The molecular formula is C17H20FN3O2. The quantitative estimate of drug-likeness (QED) is 0.802. The molecule has 0 unspecified atom stereocenters. The zero-order valence-electron chi connectivity index (χ0n) is 13.3. The van der Waals surface area contributed by atoms with Crippen LogP contribution in [0.1, 0.15) is 26.7 Å². The fourth-order valence-corrected chi connectivity index (χ4v) is 2.94. The number of hydrogen-bond donors (Lipinski definition) is 0. The fraction of sp³-hybridized carbons (Fsp3) is 0.471. The maximum Gasteiger partial charge on any atom is 0.261 e. The molecule has 0 N–H and O–H groups in total. The van der Waals surface area contributed by atoms with Crippen molar-refractivity contribution in [3.8, 4) is 0 Å². The average molecular weight is 317 g/mol. The van der Waals surface area contributed by atoms with Gasteiger partial charge in [0.25, 0.3) is 5.91 Å². The first-order chi connectivity index (χ1) is 11.1. The molecule has 2 aliphatic heterocycles. The summed E-state index contributed by atoms with van der Waals surface area (Å²) < 4.78 is 18.6. The highest BCUT2D eigenvalue weighted by Crippen LogP contribution is 2.25. The number of nitrogens with zero attached hydrogens (tertiary/aromatic N) is 3. The number of carbonyl (C=O) groups excluding carboxylic acids is 1. The van der Waals surface area contributed by atoms with Crippen LogP contribution >= 0.6 is 0 Å². The lowest BCUT2D eigenvalue weighted by atomic mass is 9.99. The van der Waals surface area contributed by atoms with Gasteiger partial charge in [-0.3, -0.25) is 9.79 Å². The molecule has 0 aliphatic carbocycles. The van der Waals surface area contributed by atoms with Crippen LogP contribution < -0.4 is 5.01 Å². The monoisotopic (exact) mass is 317 g/mol. The van der Waals surface area contributed by atoms with Crippen LogP contribution in [0.15, 0.2) is 34.4 Å². The lowest BCUT2D eigenvalue weighted by molar-refractivity contribution is -0.118. The molecule has 122 valence electrons. The predicted molar refractivity (Wildman–Crippen MR) is 87.4 cm³/mol. The van der Waals surface area contributed by atoms with E-state index in [4.69, 9.17) is 4.74 Å². The van der Waals surface area contributed by atoms with E-state index >= 15 is 0 Å². The number of carbonyl (C=O) groups is 1. The van der Waals surface area contributed by atoms with E-state index in [-0.39, 0.29) is 17.8 Å². The topological polar surface area (TPSA) is 54.3 Å². The summed E-state index contributed by atoms with van der Waals surface area (Å²) in [7, 11) is 0. The van der Waals surface area contributed by atoms with Gasteiger partial charge < -0.3 is 4.74 Å². The van der Waals surface area contributed by atoms with Gasteiger partial charge in [-0.1, -0.05) is 0 Å². The van der Waals surface area contributed by atoms with Gasteiger partial charge in [0.15, 0.2) is 0 Å². The summed E-state index contributed by atoms with van der Waals surface area (Å²) in [5.74, 6) is -0.934. The molecule has 0 radical (unpaired) electrons. The minimum Gasteiger partial charge on any atom is -0.376 e. The third kappa shape index (κ3) is 3.32. The molecule has 0 aromatic heterocycles. The predicted octanol–water partition coefficient (Wildman–Crippen LogP) is 2.80. The Hall–Kier alpha value is -2.08. The van der Waals surface area contributed by atoms with Crippen molar-refractivity contribution in [3.63, 3.8) is 0 Å². The van der Waals surface area contributed by atoms with E-state index in [1.807, 2.05) is 13.8 Å². The molecule has 1 aromatic carbocycles. The Morgan fingerprint density at radius 1 is 1.43 bits per heavy atom. The normalized spacial score (nSPS) is 25.2. The molecule has 2 aliphatic rings. The van der Waals surface area contributed by atoms with E-state index in [1.165, 1.54) is 17.1 Å². The number of halogens is 1. The first kappa shape index (κ1) is 15.8. The van der Waals surface area contributed by atoms with Crippen molar-refractivity contribution in [2.45, 2.75) is 32.8 Å². The number of anilines is 1. The minimum absolute atomic E-state index is 0.150. The third-order valence-corrected chi connectivity index (χ3v) is 4.19. The largest absolute Gasteiger partial charge is 0.376 e. The Balaban J connectivity index is 1.73. The third-order valence-electron chi connectivity index (χ3n) is 4.19. The first-order valence-electron chi connectivity index (χ1n) is 7.83. The highest BCUT2D eigenvalue weighted by molar-refractivity contribution is 6.27. The second kappa shape index (κ2) is 6.58. The van der Waals surface area contributed by atoms with Crippen LogP contribution in [0.25, 0.3) is 0 Å². The maximum absolute atomic E-state index is 13.0. The van der Waals surface area contributed by atoms with Crippen LogP contribution in [0.5, 0.6) is 0 Å². The molecule has 2 heterocycles. The smallest absolute Gasteiger partial charge is 0.261 e. The van der Waals surface area contributed by atoms with Crippen LogP contribution in [-0.4, -0.2) is 36.6 Å². The first-order valence-corrected chi connectivity index (χ1v) is 7.83. The summed E-state index contributed by atoms with van der Waals surface area (Å²) in [5.41, 5.74) is 2.01. The number of rotatable bonds is 4. The Morgan fingerprint density at radius 3 is 2.83 bits per heavy atom. The van der Waals surface area contributed by atoms with E-state index in [0.717, 1.165) is 25.2 Å². The second-order valence-electron chi connectivity index (χ2n) is 5.92. The summed E-state index contributed by atoms with van der Waals surface area (Å²) in [6.45, 7) is 5.04. The van der Waals surface area contributed by atoms with Gasteiger partial charge in [-0.05, 0) is 51.0 Å². The number of hydrogen-bond acceptors (Lipinski definition) is 4. The second-order valence-corrected chi connectivity index (χ2v) is 5.92. The average Bonchev–Trinajstić information content (AvgIpc) is 3.14. The molecule has 0 saturated carbocycles. The zero-order valence-corrected chi connectivity index (χ0v) is 13.3. The van der Waals surface area contributed by atoms with Gasteiger partial charge in [0.1, 0.15) is 11.7 Å². The molecule has 3 rings (SSSR count). The highest BCUT2D eigenvalue weighted by atomic mass is 19.1. The van der Waals surface area contributed by atoms with Gasteiger partial charge in [-0.2, -0.15) is 10.1 Å². The summed E-state index contributed by atoms with van der Waals surface area (Å²) in [4.78, 5) is 17.2. The maximum atomic E-state index is 13.0. The Labute approximate surface area is 134 Å². The highest BCUT2D eigenvalue weighted by Gasteiger charge is 2.36. The fourth-order valence-electron chi connectivity index (χ4n) is 2.94. The van der Waals surface area contributed by atoms with Crippen molar-refractivity contribution in [2.75, 3.05) is 18.2 Å². The molecule has 5 nitrogen and oxygen atoms in total. The number of hydrazone groups is 1. The molecule has 0 bridgehead atoms. The van der Waals surface area contributed by atoms with Gasteiger partial charge in [-0.15, -0.1) is 0 Å². The minimum atomic E-state index is -0.443. The Bertz CT molecular complexity index is 648. The molecule has 2 atom stereocenters. The van der Waals surface area contributed by atoms with Crippen molar-refractivity contribution in [3.05, 3.63) is 30.1 Å². The molecule has 1 amide bonds. The molecule has 1 saturated heterocycles. The van der Waals surface area contributed by atoms with E-state index in [9.17, 15) is 9.18 Å². The van der Waals surface area contributed by atoms with Crippen molar-refractivity contribution in [2.24, 2.45) is 16.0 Å². The summed E-state index contributed by atoms with van der Waals surface area (Å²) in [6.07, 6.45) is 2.25. The van der Waals surface area contributed by atoms with E-state index in [2.05, 4.69) is 10.1 Å². The SMILES string of the molecule is CC(=NC[C@@H]1CCCO1)[C@H]1C(=O)N(c2ccc(F)cc2)N=C1C. The Morgan fingerprint density at radius 2 is 2.17 bits per heavy atom. The van der Waals surface area contributed by atoms with Gasteiger partial charge in [0.2, 0.25) is 0 Å². The molecule has 6 heteroatoms. The van der Waals surface area contributed by atoms with Gasteiger partial charge in [0.05, 0.1) is 24.0 Å². The van der Waals surface area contributed by atoms with Crippen molar-refractivity contribution in [1.29, 1.82) is 0 Å². The zero-order chi connectivity index (χ0) is 16.4. The molecule has 1 fully saturated rings. The van der Waals surface area contributed by atoms with Crippen molar-refractivity contribution in [1.82, 2.24) is 0 Å². The van der Waals surface area contributed by atoms with Crippen LogP contribution in [0.4, 0.5) is 10.1 Å². The number of benzene rings is 1. The van der Waals surface area contributed by atoms with E-state index in [1.54, 1.807) is 12.1 Å². The molecule has 23 heavy (non-hydrogen) atoms. The molecule has 1 aromatic rings. The molecule has 0 spiro atoms. The lowest BCUT2D eigenvalue weighted by Crippen LogP contribution is -2.32. The van der Waals surface area contributed by atoms with E-state index < -0.39 is 5.92 Å².